The fourth-order valence-electron chi connectivity index (χ4n) is 1.51. The van der Waals surface area contributed by atoms with Gasteiger partial charge in [-0.05, 0) is 12.8 Å². The van der Waals surface area contributed by atoms with Gasteiger partial charge in [0.15, 0.2) is 0 Å². The lowest BCUT2D eigenvalue weighted by Gasteiger charge is -2.30. The molecule has 0 aromatic rings. The zero-order chi connectivity index (χ0) is 10.8. The Hall–Kier alpha value is -0.620. The zero-order valence-corrected chi connectivity index (χ0v) is 9.21. The molecule has 0 aromatic heterocycles. The number of amides is 1. The monoisotopic (exact) mass is 221 g/mol. The number of carbonyl (C=O) groups is 1. The normalized spacial score (nSPS) is 19.7. The van der Waals surface area contributed by atoms with Crippen molar-refractivity contribution in [2.45, 2.75) is 25.9 Å². The summed E-state index contributed by atoms with van der Waals surface area (Å²) in [5, 5.41) is 0. The van der Waals surface area contributed by atoms with E-state index in [1.165, 1.54) is 6.92 Å². The summed E-state index contributed by atoms with van der Waals surface area (Å²) in [7, 11) is -3.36. The minimum absolute atomic E-state index is 0.0304. The molecule has 0 saturated carbocycles. The Morgan fingerprint density at radius 3 is 2.21 bits per heavy atom. The van der Waals surface area contributed by atoms with E-state index < -0.39 is 10.1 Å². The molecule has 0 bridgehead atoms. The van der Waals surface area contributed by atoms with Gasteiger partial charge in [-0.2, -0.15) is 8.42 Å². The summed E-state index contributed by atoms with van der Waals surface area (Å²) in [5.41, 5.74) is 0. The molecule has 0 aromatic carbocycles. The lowest BCUT2D eigenvalue weighted by atomic mass is 10.1. The first kappa shape index (κ1) is 11.5. The molecule has 82 valence electrons. The van der Waals surface area contributed by atoms with Crippen molar-refractivity contribution in [2.75, 3.05) is 19.3 Å². The molecule has 1 aliphatic heterocycles. The number of piperidine rings is 1. The first-order chi connectivity index (χ1) is 6.38. The van der Waals surface area contributed by atoms with E-state index in [2.05, 4.69) is 0 Å². The lowest BCUT2D eigenvalue weighted by Crippen LogP contribution is -2.40. The van der Waals surface area contributed by atoms with Gasteiger partial charge in [-0.25, -0.2) is 0 Å². The SMILES string of the molecule is CC(=O)N1CCC(OS(C)(=O)=O)CC1. The summed E-state index contributed by atoms with van der Waals surface area (Å²) in [5.74, 6) is 0.0304. The second-order valence-electron chi connectivity index (χ2n) is 3.51. The summed E-state index contributed by atoms with van der Waals surface area (Å²) in [6.07, 6.45) is 1.96. The van der Waals surface area contributed by atoms with Gasteiger partial charge in [0.25, 0.3) is 10.1 Å². The Labute approximate surface area is 84.2 Å². The predicted molar refractivity (Wildman–Crippen MR) is 51.2 cm³/mol. The number of likely N-dealkylation sites (tertiary alicyclic amines) is 1. The van der Waals surface area contributed by atoms with Crippen LogP contribution >= 0.6 is 0 Å². The van der Waals surface area contributed by atoms with Crippen LogP contribution in [0.15, 0.2) is 0 Å². The topological polar surface area (TPSA) is 63.7 Å². The van der Waals surface area contributed by atoms with Gasteiger partial charge in [0.05, 0.1) is 12.4 Å². The third kappa shape index (κ3) is 3.63. The number of hydrogen-bond donors (Lipinski definition) is 0. The van der Waals surface area contributed by atoms with Crippen molar-refractivity contribution in [3.63, 3.8) is 0 Å². The molecule has 0 N–H and O–H groups in total. The van der Waals surface area contributed by atoms with Crippen LogP contribution in [0, 0.1) is 0 Å². The van der Waals surface area contributed by atoms with Crippen LogP contribution in [-0.4, -0.2) is 44.7 Å². The van der Waals surface area contributed by atoms with Crippen molar-refractivity contribution in [3.8, 4) is 0 Å². The number of nitrogens with zero attached hydrogens (tertiary/aromatic N) is 1. The van der Waals surface area contributed by atoms with Gasteiger partial charge in [0, 0.05) is 20.0 Å². The van der Waals surface area contributed by atoms with Crippen LogP contribution in [0.1, 0.15) is 19.8 Å². The third-order valence-electron chi connectivity index (χ3n) is 2.20. The molecule has 5 nitrogen and oxygen atoms in total. The Morgan fingerprint density at radius 1 is 1.36 bits per heavy atom. The van der Waals surface area contributed by atoms with Gasteiger partial charge in [-0.15, -0.1) is 0 Å². The maximum atomic E-state index is 11.0. The van der Waals surface area contributed by atoms with Crippen molar-refractivity contribution < 1.29 is 17.4 Å². The fourth-order valence-corrected chi connectivity index (χ4v) is 2.20. The lowest BCUT2D eigenvalue weighted by molar-refractivity contribution is -0.130. The molecule has 14 heavy (non-hydrogen) atoms. The van der Waals surface area contributed by atoms with Crippen molar-refractivity contribution in [3.05, 3.63) is 0 Å². The summed E-state index contributed by atoms with van der Waals surface area (Å²) in [4.78, 5) is 12.7. The van der Waals surface area contributed by atoms with E-state index in [4.69, 9.17) is 4.18 Å². The molecular weight excluding hydrogens is 206 g/mol. The minimum Gasteiger partial charge on any atom is -0.343 e. The van der Waals surface area contributed by atoms with Gasteiger partial charge in [-0.3, -0.25) is 8.98 Å². The molecule has 1 fully saturated rings. The highest BCUT2D eigenvalue weighted by molar-refractivity contribution is 7.86. The molecule has 0 atom stereocenters. The fraction of sp³-hybridized carbons (Fsp3) is 0.875. The highest BCUT2D eigenvalue weighted by atomic mass is 32.2. The second kappa shape index (κ2) is 4.27. The van der Waals surface area contributed by atoms with Crippen molar-refractivity contribution >= 4 is 16.0 Å². The van der Waals surface area contributed by atoms with Crippen LogP contribution in [-0.2, 0) is 19.1 Å². The van der Waals surface area contributed by atoms with E-state index in [1.807, 2.05) is 0 Å². The molecule has 0 aliphatic carbocycles. The Bertz CT molecular complexity index is 303. The van der Waals surface area contributed by atoms with Gasteiger partial charge in [0.2, 0.25) is 5.91 Å². The molecule has 0 unspecified atom stereocenters. The highest BCUT2D eigenvalue weighted by Gasteiger charge is 2.23. The number of rotatable bonds is 2. The smallest absolute Gasteiger partial charge is 0.264 e. The first-order valence-corrected chi connectivity index (χ1v) is 6.34. The molecular formula is C8H15NO4S. The van der Waals surface area contributed by atoms with Gasteiger partial charge in [0.1, 0.15) is 0 Å². The van der Waals surface area contributed by atoms with Crippen LogP contribution in [0.4, 0.5) is 0 Å². The summed E-state index contributed by atoms with van der Waals surface area (Å²) >= 11 is 0. The van der Waals surface area contributed by atoms with E-state index in [0.717, 1.165) is 6.26 Å². The summed E-state index contributed by atoms with van der Waals surface area (Å²) in [6.45, 7) is 2.67. The number of hydrogen-bond acceptors (Lipinski definition) is 4. The quantitative estimate of drug-likeness (QED) is 0.614. The largest absolute Gasteiger partial charge is 0.343 e. The van der Waals surface area contributed by atoms with Crippen LogP contribution in [0.5, 0.6) is 0 Å². The van der Waals surface area contributed by atoms with E-state index in [-0.39, 0.29) is 12.0 Å². The van der Waals surface area contributed by atoms with Crippen LogP contribution in [0.3, 0.4) is 0 Å². The molecule has 1 saturated heterocycles. The van der Waals surface area contributed by atoms with Crippen molar-refractivity contribution in [2.24, 2.45) is 0 Å². The molecule has 0 radical (unpaired) electrons. The van der Waals surface area contributed by atoms with Gasteiger partial charge in [-0.1, -0.05) is 0 Å². The average Bonchev–Trinajstić information content (AvgIpc) is 2.02. The van der Waals surface area contributed by atoms with Crippen LogP contribution in [0.25, 0.3) is 0 Å². The predicted octanol–water partition coefficient (Wildman–Crippen LogP) is -0.0265. The van der Waals surface area contributed by atoms with E-state index >= 15 is 0 Å². The molecule has 1 heterocycles. The molecule has 1 aliphatic rings. The summed E-state index contributed by atoms with van der Waals surface area (Å²) in [6, 6.07) is 0. The zero-order valence-electron chi connectivity index (χ0n) is 8.39. The Kier molecular flexibility index (Phi) is 3.49. The molecule has 1 amide bonds. The Balaban J connectivity index is 2.40. The second-order valence-corrected chi connectivity index (χ2v) is 5.11. The first-order valence-electron chi connectivity index (χ1n) is 4.52. The maximum Gasteiger partial charge on any atom is 0.264 e. The average molecular weight is 221 g/mol. The number of carbonyl (C=O) groups excluding carboxylic acids is 1. The maximum absolute atomic E-state index is 11.0. The van der Waals surface area contributed by atoms with Crippen molar-refractivity contribution in [1.82, 2.24) is 4.90 Å². The summed E-state index contributed by atoms with van der Waals surface area (Å²) < 4.78 is 26.5. The van der Waals surface area contributed by atoms with Crippen molar-refractivity contribution in [1.29, 1.82) is 0 Å². The highest BCUT2D eigenvalue weighted by Crippen LogP contribution is 2.15. The molecule has 6 heteroatoms. The van der Waals surface area contributed by atoms with Gasteiger partial charge >= 0.3 is 0 Å². The van der Waals surface area contributed by atoms with E-state index in [1.54, 1.807) is 4.90 Å². The Morgan fingerprint density at radius 2 is 1.86 bits per heavy atom. The van der Waals surface area contributed by atoms with E-state index in [0.29, 0.717) is 25.9 Å². The third-order valence-corrected chi connectivity index (χ3v) is 2.82. The standard InChI is InChI=1S/C8H15NO4S/c1-7(10)9-5-3-8(4-6-9)13-14(2,11)12/h8H,3-6H2,1-2H3. The van der Waals surface area contributed by atoms with E-state index in [9.17, 15) is 13.2 Å². The van der Waals surface area contributed by atoms with Crippen LogP contribution in [0.2, 0.25) is 0 Å². The van der Waals surface area contributed by atoms with Crippen LogP contribution < -0.4 is 0 Å². The van der Waals surface area contributed by atoms with Gasteiger partial charge < -0.3 is 4.90 Å². The molecule has 0 spiro atoms. The molecule has 1 rings (SSSR count). The minimum atomic E-state index is -3.36.